The summed E-state index contributed by atoms with van der Waals surface area (Å²) in [5.74, 6) is 0. The fraction of sp³-hybridized carbons (Fsp3) is 1.00. The van der Waals surface area contributed by atoms with Gasteiger partial charge in [0.2, 0.25) is 0 Å². The van der Waals surface area contributed by atoms with Crippen LogP contribution in [0.4, 0.5) is 0 Å². The van der Waals surface area contributed by atoms with E-state index in [1.165, 1.54) is 0 Å². The fourth-order valence-corrected chi connectivity index (χ4v) is 1.11. The van der Waals surface area contributed by atoms with Gasteiger partial charge in [0.05, 0.1) is 6.61 Å². The van der Waals surface area contributed by atoms with Gasteiger partial charge in [-0.2, -0.15) is 0 Å². The van der Waals surface area contributed by atoms with E-state index in [1.54, 1.807) is 0 Å². The third-order valence-electron chi connectivity index (χ3n) is 1.84. The standard InChI is InChI=1S/C6H12O6.ClH/c7-1-2(8)5-3(9)4(10)6(11)12-5;/h2-11H,1H2;1H/t2-,3-,4-,5-,6?;/m1./s1. The molecule has 1 aliphatic rings. The Labute approximate surface area is 80.8 Å². The second-order valence-electron chi connectivity index (χ2n) is 2.72. The monoisotopic (exact) mass is 216 g/mol. The molecule has 0 radical (unpaired) electrons. The first-order chi connectivity index (χ1) is 5.57. The minimum absolute atomic E-state index is 0. The van der Waals surface area contributed by atoms with Crippen LogP contribution in [-0.2, 0) is 4.74 Å². The molecule has 0 bridgehead atoms. The average Bonchev–Trinajstić information content (AvgIpc) is 2.32. The van der Waals surface area contributed by atoms with Gasteiger partial charge in [-0.25, -0.2) is 0 Å². The molecule has 0 spiro atoms. The highest BCUT2D eigenvalue weighted by Crippen LogP contribution is 2.21. The van der Waals surface area contributed by atoms with E-state index in [9.17, 15) is 0 Å². The van der Waals surface area contributed by atoms with Gasteiger partial charge in [-0.3, -0.25) is 0 Å². The minimum atomic E-state index is -1.51. The van der Waals surface area contributed by atoms with Crippen molar-refractivity contribution < 1.29 is 30.3 Å². The van der Waals surface area contributed by atoms with Crippen molar-refractivity contribution in [3.05, 3.63) is 0 Å². The minimum Gasteiger partial charge on any atom is -0.394 e. The Kier molecular flexibility index (Phi) is 5.08. The Morgan fingerprint density at radius 1 is 1.15 bits per heavy atom. The molecule has 0 aromatic heterocycles. The number of aliphatic hydroxyl groups excluding tert-OH is 5. The van der Waals surface area contributed by atoms with E-state index in [2.05, 4.69) is 4.74 Å². The lowest BCUT2D eigenvalue weighted by molar-refractivity contribution is -0.150. The number of aliphatic hydroxyl groups is 5. The van der Waals surface area contributed by atoms with Gasteiger partial charge in [0.1, 0.15) is 24.4 Å². The molecular weight excluding hydrogens is 204 g/mol. The Balaban J connectivity index is 0.00000144. The van der Waals surface area contributed by atoms with Crippen LogP contribution in [0.2, 0.25) is 0 Å². The zero-order chi connectivity index (χ0) is 9.30. The molecule has 0 saturated carbocycles. The maximum atomic E-state index is 9.12. The van der Waals surface area contributed by atoms with Crippen molar-refractivity contribution in [1.29, 1.82) is 0 Å². The van der Waals surface area contributed by atoms with Gasteiger partial charge in [-0.15, -0.1) is 12.4 Å². The third-order valence-corrected chi connectivity index (χ3v) is 1.84. The van der Waals surface area contributed by atoms with Crippen LogP contribution in [0.5, 0.6) is 0 Å². The van der Waals surface area contributed by atoms with E-state index >= 15 is 0 Å². The van der Waals surface area contributed by atoms with Gasteiger partial charge in [0.25, 0.3) is 0 Å². The van der Waals surface area contributed by atoms with Crippen LogP contribution in [0.25, 0.3) is 0 Å². The van der Waals surface area contributed by atoms with Crippen molar-refractivity contribution in [1.82, 2.24) is 0 Å². The Morgan fingerprint density at radius 2 is 1.69 bits per heavy atom. The molecule has 1 rings (SSSR count). The summed E-state index contributed by atoms with van der Waals surface area (Å²) in [5.41, 5.74) is 0. The third kappa shape index (κ3) is 2.50. The lowest BCUT2D eigenvalue weighted by Gasteiger charge is -2.18. The van der Waals surface area contributed by atoms with Gasteiger partial charge >= 0.3 is 0 Å². The molecular formula is C6H13ClO6. The largest absolute Gasteiger partial charge is 0.394 e. The summed E-state index contributed by atoms with van der Waals surface area (Å²) in [7, 11) is 0. The normalized spacial score (nSPS) is 41.3. The molecule has 0 aliphatic carbocycles. The number of halogens is 1. The van der Waals surface area contributed by atoms with Crippen molar-refractivity contribution >= 4 is 12.4 Å². The molecule has 1 fully saturated rings. The lowest BCUT2D eigenvalue weighted by atomic mass is 10.1. The van der Waals surface area contributed by atoms with E-state index in [4.69, 9.17) is 25.5 Å². The average molecular weight is 217 g/mol. The summed E-state index contributed by atoms with van der Waals surface area (Å²) in [6.07, 6.45) is -6.75. The van der Waals surface area contributed by atoms with Gasteiger partial charge in [-0.05, 0) is 0 Å². The lowest BCUT2D eigenvalue weighted by Crippen LogP contribution is -2.40. The summed E-state index contributed by atoms with van der Waals surface area (Å²) in [6, 6.07) is 0. The summed E-state index contributed by atoms with van der Waals surface area (Å²) < 4.78 is 4.58. The molecule has 13 heavy (non-hydrogen) atoms. The Bertz CT molecular complexity index is 156. The number of ether oxygens (including phenoxy) is 1. The second-order valence-corrected chi connectivity index (χ2v) is 2.72. The molecule has 1 heterocycles. The maximum absolute atomic E-state index is 9.12. The molecule has 1 unspecified atom stereocenters. The van der Waals surface area contributed by atoms with Crippen LogP contribution in [0, 0.1) is 0 Å². The van der Waals surface area contributed by atoms with E-state index in [1.807, 2.05) is 0 Å². The van der Waals surface area contributed by atoms with Gasteiger partial charge in [0, 0.05) is 0 Å². The molecule has 80 valence electrons. The van der Waals surface area contributed by atoms with Crippen molar-refractivity contribution in [3.8, 4) is 0 Å². The smallest absolute Gasteiger partial charge is 0.184 e. The highest BCUT2D eigenvalue weighted by atomic mass is 35.5. The number of rotatable bonds is 2. The van der Waals surface area contributed by atoms with E-state index < -0.39 is 37.3 Å². The van der Waals surface area contributed by atoms with Crippen molar-refractivity contribution in [2.75, 3.05) is 6.61 Å². The first-order valence-electron chi connectivity index (χ1n) is 3.56. The highest BCUT2D eigenvalue weighted by molar-refractivity contribution is 5.85. The summed E-state index contributed by atoms with van der Waals surface area (Å²) in [5, 5.41) is 44.4. The first-order valence-corrected chi connectivity index (χ1v) is 3.56. The molecule has 6 nitrogen and oxygen atoms in total. The predicted molar refractivity (Wildman–Crippen MR) is 43.2 cm³/mol. The first kappa shape index (κ1) is 13.1. The zero-order valence-electron chi connectivity index (χ0n) is 6.65. The second kappa shape index (κ2) is 5.06. The molecule has 0 amide bonds. The topological polar surface area (TPSA) is 110 Å². The Hall–Kier alpha value is 0.0500. The summed E-state index contributed by atoms with van der Waals surface area (Å²) in [4.78, 5) is 0. The molecule has 0 aromatic rings. The van der Waals surface area contributed by atoms with Crippen LogP contribution in [-0.4, -0.2) is 62.8 Å². The van der Waals surface area contributed by atoms with Crippen molar-refractivity contribution in [2.45, 2.75) is 30.7 Å². The zero-order valence-corrected chi connectivity index (χ0v) is 7.46. The maximum Gasteiger partial charge on any atom is 0.184 e. The van der Waals surface area contributed by atoms with Crippen LogP contribution in [0.3, 0.4) is 0 Å². The quantitative estimate of drug-likeness (QED) is 0.341. The van der Waals surface area contributed by atoms with Crippen molar-refractivity contribution in [2.24, 2.45) is 0 Å². The van der Waals surface area contributed by atoms with Gasteiger partial charge in [0.15, 0.2) is 6.29 Å². The van der Waals surface area contributed by atoms with E-state index in [-0.39, 0.29) is 12.4 Å². The van der Waals surface area contributed by atoms with E-state index in [0.717, 1.165) is 0 Å². The summed E-state index contributed by atoms with van der Waals surface area (Å²) >= 11 is 0. The van der Waals surface area contributed by atoms with Gasteiger partial charge < -0.3 is 30.3 Å². The molecule has 5 N–H and O–H groups in total. The van der Waals surface area contributed by atoms with Crippen LogP contribution >= 0.6 is 12.4 Å². The predicted octanol–water partition coefficient (Wildman–Crippen LogP) is -2.80. The van der Waals surface area contributed by atoms with Crippen LogP contribution in [0.15, 0.2) is 0 Å². The summed E-state index contributed by atoms with van der Waals surface area (Å²) in [6.45, 7) is -0.596. The van der Waals surface area contributed by atoms with E-state index in [0.29, 0.717) is 0 Å². The Morgan fingerprint density at radius 3 is 2.00 bits per heavy atom. The molecule has 0 aromatic carbocycles. The molecule has 7 heteroatoms. The molecule has 5 atom stereocenters. The molecule has 1 aliphatic heterocycles. The SMILES string of the molecule is Cl.OC[C@@H](O)[C@H]1OC(O)[C@H](O)[C@H]1O. The number of hydrogen-bond donors (Lipinski definition) is 5. The fourth-order valence-electron chi connectivity index (χ4n) is 1.11. The number of hydrogen-bond acceptors (Lipinski definition) is 6. The van der Waals surface area contributed by atoms with Crippen LogP contribution < -0.4 is 0 Å². The highest BCUT2D eigenvalue weighted by Gasteiger charge is 2.44. The van der Waals surface area contributed by atoms with Crippen molar-refractivity contribution in [3.63, 3.8) is 0 Å². The van der Waals surface area contributed by atoms with Crippen LogP contribution in [0.1, 0.15) is 0 Å². The molecule has 1 saturated heterocycles. The van der Waals surface area contributed by atoms with Gasteiger partial charge in [-0.1, -0.05) is 0 Å².